The lowest BCUT2D eigenvalue weighted by molar-refractivity contribution is -0.274. The van der Waals surface area contributed by atoms with Crippen LogP contribution in [-0.2, 0) is 0 Å². The monoisotopic (exact) mass is 273 g/mol. The smallest absolute Gasteiger partial charge is 0.476 e. The molecule has 0 amide bonds. The summed E-state index contributed by atoms with van der Waals surface area (Å²) in [5.74, 6) is -1.95. The Hall–Kier alpha value is -2.51. The predicted octanol–water partition coefficient (Wildman–Crippen LogP) is 2.94. The second-order valence-corrected chi connectivity index (χ2v) is 3.41. The lowest BCUT2D eigenvalue weighted by Crippen LogP contribution is -2.17. The van der Waals surface area contributed by atoms with Crippen LogP contribution < -0.4 is 4.74 Å². The lowest BCUT2D eigenvalue weighted by atomic mass is 10.1. The Balaban J connectivity index is 2.38. The summed E-state index contributed by atoms with van der Waals surface area (Å²) in [7, 11) is 0. The molecule has 0 unspecified atom stereocenters. The number of nitrogens with zero attached hydrogens (tertiary/aromatic N) is 1. The first-order chi connectivity index (χ1) is 8.87. The number of hydrogen-bond acceptors (Lipinski definition) is 4. The van der Waals surface area contributed by atoms with Gasteiger partial charge in [-0.05, 0) is 12.1 Å². The Labute approximate surface area is 104 Å². The second kappa shape index (κ2) is 4.63. The molecule has 0 aliphatic heterocycles. The maximum atomic E-state index is 12.1. The molecule has 0 bridgehead atoms. The van der Waals surface area contributed by atoms with Gasteiger partial charge < -0.3 is 14.3 Å². The molecule has 1 aromatic carbocycles. The molecule has 2 aromatic rings. The third kappa shape index (κ3) is 3.03. The number of hydrogen-bond donors (Lipinski definition) is 1. The summed E-state index contributed by atoms with van der Waals surface area (Å²) >= 11 is 0. The fourth-order valence-electron chi connectivity index (χ4n) is 1.44. The number of oxazole rings is 1. The predicted molar refractivity (Wildman–Crippen MR) is 55.6 cm³/mol. The van der Waals surface area contributed by atoms with Gasteiger partial charge in [0, 0.05) is 5.56 Å². The van der Waals surface area contributed by atoms with Gasteiger partial charge in [0.2, 0.25) is 0 Å². The summed E-state index contributed by atoms with van der Waals surface area (Å²) in [4.78, 5) is 14.3. The number of alkyl halides is 3. The van der Waals surface area contributed by atoms with Gasteiger partial charge in [0.1, 0.15) is 5.75 Å². The van der Waals surface area contributed by atoms with E-state index in [4.69, 9.17) is 9.52 Å². The number of carbonyl (C=O) groups is 1. The highest BCUT2D eigenvalue weighted by Crippen LogP contribution is 2.29. The van der Waals surface area contributed by atoms with E-state index in [1.807, 2.05) is 0 Å². The first kappa shape index (κ1) is 12.9. The molecule has 8 heteroatoms. The van der Waals surface area contributed by atoms with Crippen LogP contribution in [0, 0.1) is 0 Å². The first-order valence-corrected chi connectivity index (χ1v) is 4.90. The van der Waals surface area contributed by atoms with Gasteiger partial charge in [-0.1, -0.05) is 12.1 Å². The van der Waals surface area contributed by atoms with E-state index in [0.29, 0.717) is 0 Å². The third-order valence-corrected chi connectivity index (χ3v) is 2.10. The maximum Gasteiger partial charge on any atom is 0.573 e. The Kier molecular flexibility index (Phi) is 3.16. The van der Waals surface area contributed by atoms with Crippen molar-refractivity contribution in [1.82, 2.24) is 4.98 Å². The molecule has 100 valence electrons. The van der Waals surface area contributed by atoms with Gasteiger partial charge in [-0.3, -0.25) is 0 Å². The summed E-state index contributed by atoms with van der Waals surface area (Å²) in [6.45, 7) is 0. The van der Waals surface area contributed by atoms with E-state index in [1.54, 1.807) is 0 Å². The van der Waals surface area contributed by atoms with Crippen LogP contribution in [-0.4, -0.2) is 22.4 Å². The standard InChI is InChI=1S/C11H6F3NO4/c12-11(13,14)19-7-3-1-2-6(4-7)9-8(10(16)17)15-5-18-9/h1-5H,(H,16,17). The molecular formula is C11H6F3NO4. The summed E-state index contributed by atoms with van der Waals surface area (Å²) in [5.41, 5.74) is -0.263. The molecule has 19 heavy (non-hydrogen) atoms. The number of rotatable bonds is 3. The topological polar surface area (TPSA) is 72.6 Å². The highest BCUT2D eigenvalue weighted by atomic mass is 19.4. The van der Waals surface area contributed by atoms with Crippen LogP contribution in [0.5, 0.6) is 5.75 Å². The zero-order valence-electron chi connectivity index (χ0n) is 9.14. The summed E-state index contributed by atoms with van der Waals surface area (Å²) in [6, 6.07) is 4.77. The average molecular weight is 273 g/mol. The van der Waals surface area contributed by atoms with Gasteiger partial charge >= 0.3 is 12.3 Å². The third-order valence-electron chi connectivity index (χ3n) is 2.10. The van der Waals surface area contributed by atoms with Crippen molar-refractivity contribution in [2.75, 3.05) is 0 Å². The molecule has 2 rings (SSSR count). The molecule has 0 atom stereocenters. The Bertz CT molecular complexity index is 606. The highest BCUT2D eigenvalue weighted by Gasteiger charge is 2.31. The van der Waals surface area contributed by atoms with Crippen molar-refractivity contribution >= 4 is 5.97 Å². The molecule has 0 spiro atoms. The molecule has 0 radical (unpaired) electrons. The Morgan fingerprint density at radius 2 is 2.11 bits per heavy atom. The van der Waals surface area contributed by atoms with Crippen LogP contribution in [0.25, 0.3) is 11.3 Å². The number of aromatic carboxylic acids is 1. The molecule has 1 aromatic heterocycles. The van der Waals surface area contributed by atoms with Crippen LogP contribution in [0.3, 0.4) is 0 Å². The van der Waals surface area contributed by atoms with Crippen molar-refractivity contribution in [1.29, 1.82) is 0 Å². The molecule has 1 N–H and O–H groups in total. The SMILES string of the molecule is O=C(O)c1ncoc1-c1cccc(OC(F)(F)F)c1. The lowest BCUT2D eigenvalue weighted by Gasteiger charge is -2.09. The Morgan fingerprint density at radius 3 is 2.74 bits per heavy atom. The zero-order valence-corrected chi connectivity index (χ0v) is 9.14. The molecule has 5 nitrogen and oxygen atoms in total. The number of halogens is 3. The highest BCUT2D eigenvalue weighted by molar-refractivity contribution is 5.92. The van der Waals surface area contributed by atoms with E-state index < -0.39 is 18.1 Å². The van der Waals surface area contributed by atoms with Crippen molar-refractivity contribution in [2.45, 2.75) is 6.36 Å². The van der Waals surface area contributed by atoms with Crippen LogP contribution in [0.4, 0.5) is 13.2 Å². The first-order valence-electron chi connectivity index (χ1n) is 4.90. The fourth-order valence-corrected chi connectivity index (χ4v) is 1.44. The number of aromatic nitrogens is 1. The second-order valence-electron chi connectivity index (χ2n) is 3.41. The van der Waals surface area contributed by atoms with E-state index in [2.05, 4.69) is 9.72 Å². The minimum absolute atomic E-state index is 0.122. The average Bonchev–Trinajstić information content (AvgIpc) is 2.75. The van der Waals surface area contributed by atoms with Crippen molar-refractivity contribution in [3.63, 3.8) is 0 Å². The van der Waals surface area contributed by atoms with Crippen molar-refractivity contribution < 1.29 is 32.2 Å². The van der Waals surface area contributed by atoms with Gasteiger partial charge in [0.15, 0.2) is 17.8 Å². The van der Waals surface area contributed by atoms with Gasteiger partial charge in [-0.25, -0.2) is 9.78 Å². The quantitative estimate of drug-likeness (QED) is 0.930. The van der Waals surface area contributed by atoms with Crippen LogP contribution in [0.2, 0.25) is 0 Å². The summed E-state index contributed by atoms with van der Waals surface area (Å²) in [5, 5.41) is 8.84. The van der Waals surface area contributed by atoms with E-state index in [0.717, 1.165) is 18.5 Å². The van der Waals surface area contributed by atoms with Gasteiger partial charge in [0.05, 0.1) is 0 Å². The maximum absolute atomic E-state index is 12.1. The molecule has 0 saturated carbocycles. The minimum atomic E-state index is -4.82. The molecule has 1 heterocycles. The molecular weight excluding hydrogens is 267 g/mol. The van der Waals surface area contributed by atoms with Crippen LogP contribution >= 0.6 is 0 Å². The number of carboxylic acids is 1. The van der Waals surface area contributed by atoms with Gasteiger partial charge in [-0.15, -0.1) is 13.2 Å². The zero-order chi connectivity index (χ0) is 14.0. The fraction of sp³-hybridized carbons (Fsp3) is 0.0909. The van der Waals surface area contributed by atoms with Crippen LogP contribution in [0.1, 0.15) is 10.5 Å². The molecule has 0 fully saturated rings. The van der Waals surface area contributed by atoms with Crippen LogP contribution in [0.15, 0.2) is 35.1 Å². The normalized spacial score (nSPS) is 11.3. The summed E-state index contributed by atoms with van der Waals surface area (Å²) in [6.07, 6.45) is -3.92. The van der Waals surface area contributed by atoms with E-state index >= 15 is 0 Å². The van der Waals surface area contributed by atoms with Crippen molar-refractivity contribution in [3.8, 4) is 17.1 Å². The van der Waals surface area contributed by atoms with Gasteiger partial charge in [-0.2, -0.15) is 0 Å². The molecule has 0 saturated heterocycles. The van der Waals surface area contributed by atoms with Gasteiger partial charge in [0.25, 0.3) is 0 Å². The van der Waals surface area contributed by atoms with E-state index in [-0.39, 0.29) is 17.0 Å². The minimum Gasteiger partial charge on any atom is -0.476 e. The van der Waals surface area contributed by atoms with E-state index in [1.165, 1.54) is 12.1 Å². The van der Waals surface area contributed by atoms with E-state index in [9.17, 15) is 18.0 Å². The van der Waals surface area contributed by atoms with Crippen molar-refractivity contribution in [3.05, 3.63) is 36.4 Å². The van der Waals surface area contributed by atoms with Crippen molar-refractivity contribution in [2.24, 2.45) is 0 Å². The number of carboxylic acid groups (broad SMARTS) is 1. The largest absolute Gasteiger partial charge is 0.573 e. The Morgan fingerprint density at radius 1 is 1.37 bits per heavy atom. The number of ether oxygens (including phenoxy) is 1. The summed E-state index contributed by atoms with van der Waals surface area (Å²) < 4.78 is 44.8. The molecule has 0 aliphatic carbocycles. The number of benzene rings is 1. The molecule has 0 aliphatic rings.